The van der Waals surface area contributed by atoms with Gasteiger partial charge in [0, 0.05) is 31.8 Å². The van der Waals surface area contributed by atoms with Gasteiger partial charge >= 0.3 is 0 Å². The van der Waals surface area contributed by atoms with Gasteiger partial charge in [0.1, 0.15) is 0 Å². The maximum Gasteiger partial charge on any atom is 0.0469 e. The molecule has 3 fully saturated rings. The van der Waals surface area contributed by atoms with Gasteiger partial charge in [-0.15, -0.1) is 0 Å². The molecule has 0 radical (unpaired) electrons. The predicted molar refractivity (Wildman–Crippen MR) is 87.3 cm³/mol. The van der Waals surface area contributed by atoms with Gasteiger partial charge in [0.2, 0.25) is 0 Å². The van der Waals surface area contributed by atoms with Crippen LogP contribution in [-0.4, -0.2) is 43.8 Å². The summed E-state index contributed by atoms with van der Waals surface area (Å²) in [5.74, 6) is 0.814. The third-order valence-electron chi connectivity index (χ3n) is 6.97. The number of rotatable bonds is 4. The van der Waals surface area contributed by atoms with Gasteiger partial charge in [-0.1, -0.05) is 12.8 Å². The Morgan fingerprint density at radius 3 is 2.19 bits per heavy atom. The van der Waals surface area contributed by atoms with E-state index in [9.17, 15) is 0 Å². The van der Waals surface area contributed by atoms with Crippen LogP contribution < -0.4 is 5.73 Å². The van der Waals surface area contributed by atoms with Crippen LogP contribution in [0.2, 0.25) is 0 Å². The SMILES string of the molecule is CN(CC1CCOCC1)C1(CN)CCC2(CCCC2)CC1. The molecular formula is C18H34N2O. The van der Waals surface area contributed by atoms with Crippen LogP contribution in [0.3, 0.4) is 0 Å². The average molecular weight is 294 g/mol. The highest BCUT2D eigenvalue weighted by Gasteiger charge is 2.45. The van der Waals surface area contributed by atoms with E-state index in [0.717, 1.165) is 25.7 Å². The highest BCUT2D eigenvalue weighted by atomic mass is 16.5. The molecule has 2 N–H and O–H groups in total. The molecule has 1 saturated heterocycles. The minimum Gasteiger partial charge on any atom is -0.381 e. The van der Waals surface area contributed by atoms with Crippen LogP contribution in [0.15, 0.2) is 0 Å². The predicted octanol–water partition coefficient (Wildman–Crippen LogP) is 3.18. The summed E-state index contributed by atoms with van der Waals surface area (Å²) in [6.07, 6.45) is 13.8. The lowest BCUT2D eigenvalue weighted by molar-refractivity contribution is 0.000940. The molecule has 2 aliphatic carbocycles. The van der Waals surface area contributed by atoms with E-state index in [1.54, 1.807) is 0 Å². The molecule has 0 amide bonds. The fourth-order valence-electron chi connectivity index (χ4n) is 5.12. The number of likely N-dealkylation sites (N-methyl/N-ethyl adjacent to an activating group) is 1. The summed E-state index contributed by atoms with van der Waals surface area (Å²) in [5, 5.41) is 0. The van der Waals surface area contributed by atoms with E-state index in [1.165, 1.54) is 70.8 Å². The van der Waals surface area contributed by atoms with Gasteiger partial charge in [-0.3, -0.25) is 4.90 Å². The maximum absolute atomic E-state index is 6.27. The lowest BCUT2D eigenvalue weighted by Gasteiger charge is -2.50. The Balaban J connectivity index is 1.58. The number of hydrogen-bond donors (Lipinski definition) is 1. The van der Waals surface area contributed by atoms with Crippen LogP contribution in [0.4, 0.5) is 0 Å². The van der Waals surface area contributed by atoms with Crippen molar-refractivity contribution in [3.8, 4) is 0 Å². The van der Waals surface area contributed by atoms with Crippen LogP contribution in [0.25, 0.3) is 0 Å². The molecule has 1 spiro atoms. The third kappa shape index (κ3) is 3.30. The fraction of sp³-hybridized carbons (Fsp3) is 1.00. The first-order valence-electron chi connectivity index (χ1n) is 9.17. The molecule has 3 heteroatoms. The van der Waals surface area contributed by atoms with E-state index < -0.39 is 0 Å². The van der Waals surface area contributed by atoms with Crippen molar-refractivity contribution in [1.82, 2.24) is 4.90 Å². The molecule has 1 heterocycles. The van der Waals surface area contributed by atoms with Gasteiger partial charge in [-0.25, -0.2) is 0 Å². The van der Waals surface area contributed by atoms with Crippen LogP contribution in [0, 0.1) is 11.3 Å². The monoisotopic (exact) mass is 294 g/mol. The molecule has 3 nitrogen and oxygen atoms in total. The fourth-order valence-corrected chi connectivity index (χ4v) is 5.12. The van der Waals surface area contributed by atoms with Crippen molar-refractivity contribution in [2.75, 3.05) is 33.4 Å². The van der Waals surface area contributed by atoms with Gasteiger partial charge in [0.05, 0.1) is 0 Å². The Labute approximate surface area is 130 Å². The summed E-state index contributed by atoms with van der Waals surface area (Å²) in [6.45, 7) is 3.96. The number of hydrogen-bond acceptors (Lipinski definition) is 3. The first kappa shape index (κ1) is 15.8. The first-order valence-corrected chi connectivity index (χ1v) is 9.17. The zero-order chi connectivity index (χ0) is 14.8. The van der Waals surface area contributed by atoms with Crippen molar-refractivity contribution in [1.29, 1.82) is 0 Å². The number of nitrogens with two attached hydrogens (primary N) is 1. The normalized spacial score (nSPS) is 29.3. The van der Waals surface area contributed by atoms with Crippen LogP contribution in [0.1, 0.15) is 64.2 Å². The molecule has 0 aromatic rings. The second-order valence-electron chi connectivity index (χ2n) is 8.07. The van der Waals surface area contributed by atoms with Crippen molar-refractivity contribution in [3.05, 3.63) is 0 Å². The number of nitrogens with zero attached hydrogens (tertiary/aromatic N) is 1. The minimum atomic E-state index is 0.284. The molecule has 0 bridgehead atoms. The van der Waals surface area contributed by atoms with E-state index in [4.69, 9.17) is 10.5 Å². The zero-order valence-electron chi connectivity index (χ0n) is 13.9. The Morgan fingerprint density at radius 1 is 1.00 bits per heavy atom. The quantitative estimate of drug-likeness (QED) is 0.865. The van der Waals surface area contributed by atoms with Crippen molar-refractivity contribution in [2.24, 2.45) is 17.1 Å². The van der Waals surface area contributed by atoms with Gasteiger partial charge in [-0.2, -0.15) is 0 Å². The van der Waals surface area contributed by atoms with E-state index in [-0.39, 0.29) is 5.54 Å². The van der Waals surface area contributed by atoms with E-state index in [2.05, 4.69) is 11.9 Å². The highest BCUT2D eigenvalue weighted by molar-refractivity contribution is 5.01. The van der Waals surface area contributed by atoms with Crippen molar-refractivity contribution in [3.63, 3.8) is 0 Å². The second kappa shape index (κ2) is 6.55. The second-order valence-corrected chi connectivity index (χ2v) is 8.07. The summed E-state index contributed by atoms with van der Waals surface area (Å²) in [4.78, 5) is 2.63. The molecule has 0 aromatic heterocycles. The topological polar surface area (TPSA) is 38.5 Å². The molecule has 21 heavy (non-hydrogen) atoms. The Morgan fingerprint density at radius 2 is 1.62 bits per heavy atom. The van der Waals surface area contributed by atoms with Gasteiger partial charge in [-0.05, 0) is 69.7 Å². The molecular weight excluding hydrogens is 260 g/mol. The Bertz CT molecular complexity index is 322. The summed E-state index contributed by atoms with van der Waals surface area (Å²) in [7, 11) is 2.33. The average Bonchev–Trinajstić information content (AvgIpc) is 2.98. The first-order chi connectivity index (χ1) is 10.2. The van der Waals surface area contributed by atoms with Crippen LogP contribution in [0.5, 0.6) is 0 Å². The Kier molecular flexibility index (Phi) is 4.92. The standard InChI is InChI=1S/C18H34N2O/c1-20(14-16-4-12-21-13-5-16)18(15-19)10-8-17(9-11-18)6-2-3-7-17/h16H,2-15,19H2,1H3. The summed E-state index contributed by atoms with van der Waals surface area (Å²) in [6, 6.07) is 0. The van der Waals surface area contributed by atoms with Crippen molar-refractivity contribution < 1.29 is 4.74 Å². The van der Waals surface area contributed by atoms with Crippen molar-refractivity contribution in [2.45, 2.75) is 69.7 Å². The van der Waals surface area contributed by atoms with Crippen LogP contribution >= 0.6 is 0 Å². The summed E-state index contributed by atoms with van der Waals surface area (Å²) < 4.78 is 5.50. The highest BCUT2D eigenvalue weighted by Crippen LogP contribution is 2.52. The van der Waals surface area contributed by atoms with Crippen molar-refractivity contribution >= 4 is 0 Å². The Hall–Kier alpha value is -0.120. The molecule has 1 aliphatic heterocycles. The van der Waals surface area contributed by atoms with Gasteiger partial charge in [0.25, 0.3) is 0 Å². The molecule has 3 rings (SSSR count). The smallest absolute Gasteiger partial charge is 0.0469 e. The molecule has 0 unspecified atom stereocenters. The third-order valence-corrected chi connectivity index (χ3v) is 6.97. The number of ether oxygens (including phenoxy) is 1. The van der Waals surface area contributed by atoms with Gasteiger partial charge < -0.3 is 10.5 Å². The summed E-state index contributed by atoms with van der Waals surface area (Å²) in [5.41, 5.74) is 7.26. The molecule has 2 saturated carbocycles. The van der Waals surface area contributed by atoms with E-state index in [1.807, 2.05) is 0 Å². The van der Waals surface area contributed by atoms with E-state index in [0.29, 0.717) is 5.41 Å². The largest absolute Gasteiger partial charge is 0.381 e. The van der Waals surface area contributed by atoms with E-state index >= 15 is 0 Å². The molecule has 0 aromatic carbocycles. The van der Waals surface area contributed by atoms with Gasteiger partial charge in [0.15, 0.2) is 0 Å². The minimum absolute atomic E-state index is 0.284. The molecule has 122 valence electrons. The summed E-state index contributed by atoms with van der Waals surface area (Å²) >= 11 is 0. The van der Waals surface area contributed by atoms with Crippen LogP contribution in [-0.2, 0) is 4.74 Å². The molecule has 0 atom stereocenters. The lowest BCUT2D eigenvalue weighted by atomic mass is 9.66. The zero-order valence-corrected chi connectivity index (χ0v) is 13.9. The molecule has 3 aliphatic rings. The lowest BCUT2D eigenvalue weighted by Crippen LogP contribution is -2.56. The maximum atomic E-state index is 6.27.